The minimum absolute atomic E-state index is 0.0204. The van der Waals surface area contributed by atoms with Gasteiger partial charge in [-0.1, -0.05) is 138 Å². The van der Waals surface area contributed by atoms with Crippen molar-refractivity contribution in [2.45, 2.75) is 82.1 Å². The molecule has 0 spiro atoms. The van der Waals surface area contributed by atoms with Gasteiger partial charge in [0.2, 0.25) is 5.91 Å². The van der Waals surface area contributed by atoms with Crippen LogP contribution in [0.5, 0.6) is 0 Å². The van der Waals surface area contributed by atoms with Gasteiger partial charge < -0.3 is 20.2 Å². The number of ether oxygens (including phenoxy) is 1. The molecule has 8 heteroatoms. The third-order valence-corrected chi connectivity index (χ3v) is 14.9. The summed E-state index contributed by atoms with van der Waals surface area (Å²) < 4.78 is 11.5. The number of carbonyl (C=O) groups excluding carboxylic acids is 2. The highest BCUT2D eigenvalue weighted by molar-refractivity contribution is 8.00. The molecule has 0 bridgehead atoms. The number of benzene rings is 3. The molecule has 0 heterocycles. The van der Waals surface area contributed by atoms with Crippen molar-refractivity contribution in [1.82, 2.24) is 5.32 Å². The maximum absolute atomic E-state index is 13.9. The number of nitrogens with one attached hydrogen (secondary N) is 1. The molecular weight excluding hydrogens is 609 g/mol. The van der Waals surface area contributed by atoms with Crippen LogP contribution in [0.1, 0.15) is 57.7 Å². The number of rotatable bonds is 16. The number of hydrogen-bond donors (Lipinski definition) is 2. The Morgan fingerprint density at radius 2 is 1.35 bits per heavy atom. The predicted octanol–water partition coefficient (Wildman–Crippen LogP) is 7.69. The summed E-state index contributed by atoms with van der Waals surface area (Å²) in [4.78, 5) is 26.7. The van der Waals surface area contributed by atoms with E-state index in [9.17, 15) is 9.59 Å². The first-order valence-corrected chi connectivity index (χ1v) is 19.9. The van der Waals surface area contributed by atoms with Crippen molar-refractivity contribution < 1.29 is 18.8 Å². The fourth-order valence-electron chi connectivity index (χ4n) is 5.19. The van der Waals surface area contributed by atoms with E-state index in [1.54, 1.807) is 17.8 Å². The Hall–Kier alpha value is -3.17. The average molecular weight is 661 g/mol. The zero-order chi connectivity index (χ0) is 34.0. The van der Waals surface area contributed by atoms with Gasteiger partial charge in [-0.2, -0.15) is 0 Å². The molecular formula is C38H52N2O4SSi. The Bertz CT molecular complexity index is 1300. The van der Waals surface area contributed by atoms with E-state index in [0.717, 1.165) is 16.7 Å². The Balaban J connectivity index is 1.92. The lowest BCUT2D eigenvalue weighted by molar-refractivity contribution is -0.145. The van der Waals surface area contributed by atoms with Gasteiger partial charge in [-0.25, -0.2) is 0 Å². The van der Waals surface area contributed by atoms with E-state index in [-0.39, 0.29) is 35.9 Å². The van der Waals surface area contributed by atoms with Crippen LogP contribution in [0.3, 0.4) is 0 Å². The van der Waals surface area contributed by atoms with Crippen LogP contribution >= 0.6 is 11.8 Å². The summed E-state index contributed by atoms with van der Waals surface area (Å²) in [7, 11) is -2.32. The maximum atomic E-state index is 13.9. The van der Waals surface area contributed by atoms with E-state index < -0.39 is 31.3 Å². The van der Waals surface area contributed by atoms with Gasteiger partial charge in [0.05, 0.1) is 29.4 Å². The molecule has 3 atom stereocenters. The van der Waals surface area contributed by atoms with Gasteiger partial charge in [-0.15, -0.1) is 11.8 Å². The molecule has 3 aromatic rings. The topological polar surface area (TPSA) is 90.6 Å². The summed E-state index contributed by atoms with van der Waals surface area (Å²) in [5, 5.41) is 3.11. The molecule has 1 amide bonds. The van der Waals surface area contributed by atoms with Gasteiger partial charge in [0.25, 0.3) is 0 Å². The molecule has 0 aliphatic heterocycles. The van der Waals surface area contributed by atoms with E-state index in [0.29, 0.717) is 5.75 Å². The van der Waals surface area contributed by atoms with Crippen molar-refractivity contribution in [3.8, 4) is 0 Å². The van der Waals surface area contributed by atoms with Gasteiger partial charge in [-0.3, -0.25) is 9.59 Å². The van der Waals surface area contributed by atoms with Crippen LogP contribution in [0.15, 0.2) is 104 Å². The van der Waals surface area contributed by atoms with Gasteiger partial charge in [-0.05, 0) is 40.7 Å². The van der Waals surface area contributed by atoms with Crippen LogP contribution in [0.25, 0.3) is 0 Å². The molecule has 3 aromatic carbocycles. The van der Waals surface area contributed by atoms with Crippen molar-refractivity contribution >= 4 is 32.0 Å². The number of carbonyl (C=O) groups is 2. The van der Waals surface area contributed by atoms with Crippen LogP contribution in [0, 0.1) is 5.92 Å². The summed E-state index contributed by atoms with van der Waals surface area (Å²) in [5.74, 6) is -0.341. The maximum Gasteiger partial charge on any atom is 0.308 e. The minimum atomic E-state index is -2.32. The summed E-state index contributed by atoms with van der Waals surface area (Å²) in [6.07, 6.45) is 0.992. The van der Waals surface area contributed by atoms with Crippen LogP contribution in [0.2, 0.25) is 18.1 Å². The first kappa shape index (κ1) is 37.3. The number of amides is 1. The van der Waals surface area contributed by atoms with Gasteiger partial charge in [0, 0.05) is 5.75 Å². The summed E-state index contributed by atoms with van der Waals surface area (Å²) in [6, 6.07) is 29.8. The molecule has 0 radical (unpaired) electrons. The van der Waals surface area contributed by atoms with E-state index in [4.69, 9.17) is 14.9 Å². The van der Waals surface area contributed by atoms with E-state index in [1.807, 2.05) is 68.4 Å². The number of thioether (sulfide) groups is 1. The van der Waals surface area contributed by atoms with Crippen molar-refractivity contribution in [2.24, 2.45) is 11.7 Å². The van der Waals surface area contributed by atoms with Crippen LogP contribution < -0.4 is 11.1 Å². The molecule has 248 valence electrons. The molecule has 0 fully saturated rings. The highest BCUT2D eigenvalue weighted by atomic mass is 32.2. The average Bonchev–Trinajstić information content (AvgIpc) is 3.03. The normalized spacial score (nSPS) is 14.3. The number of nitrogens with two attached hydrogens (primary N) is 1. The third-order valence-electron chi connectivity index (χ3n) is 8.77. The smallest absolute Gasteiger partial charge is 0.308 e. The molecule has 0 saturated carbocycles. The van der Waals surface area contributed by atoms with Gasteiger partial charge in [0.15, 0.2) is 8.32 Å². The Morgan fingerprint density at radius 1 is 0.891 bits per heavy atom. The second-order valence-corrected chi connectivity index (χ2v) is 19.6. The lowest BCUT2D eigenvalue weighted by Gasteiger charge is -2.42. The highest BCUT2D eigenvalue weighted by Gasteiger charge is 2.43. The molecule has 0 unspecified atom stereocenters. The molecule has 0 saturated heterocycles. The monoisotopic (exact) mass is 660 g/mol. The molecule has 3 rings (SSSR count). The van der Waals surface area contributed by atoms with Crippen molar-refractivity contribution in [2.75, 3.05) is 12.4 Å². The van der Waals surface area contributed by atoms with E-state index in [1.165, 1.54) is 0 Å². The zero-order valence-corrected chi connectivity index (χ0v) is 30.3. The predicted molar refractivity (Wildman–Crippen MR) is 194 cm³/mol. The molecule has 3 N–H and O–H groups in total. The standard InChI is InChI=1S/C38H52N2O4SSi/c1-9-25-43-34(41)26-33(44-46(7,8)37(4,5)6)35(28(2)3)40-36(42)32(39)27-45-38(29-19-13-10-14-20-29,30-21-15-11-16-22-30)31-23-17-12-18-24-31/h9-24,28,32-33,35H,1,25-27,39H2,2-8H3,(H,40,42)/t32-,33+,35-/m1/s1. The van der Waals surface area contributed by atoms with Crippen LogP contribution in [-0.2, 0) is 23.5 Å². The SMILES string of the molecule is C=CCOC(=O)C[C@H](O[Si](C)(C)C(C)(C)C)[C@H](NC(=O)[C@H](N)CSC(c1ccccc1)(c1ccccc1)c1ccccc1)C(C)C. The lowest BCUT2D eigenvalue weighted by Crippen LogP contribution is -2.57. The number of hydrogen-bond acceptors (Lipinski definition) is 6. The van der Waals surface area contributed by atoms with Crippen molar-refractivity contribution in [1.29, 1.82) is 0 Å². The lowest BCUT2D eigenvalue weighted by atomic mass is 9.84. The molecule has 6 nitrogen and oxygen atoms in total. The molecule has 0 aliphatic rings. The quantitative estimate of drug-likeness (QED) is 0.0709. The fourth-order valence-corrected chi connectivity index (χ4v) is 8.02. The highest BCUT2D eigenvalue weighted by Crippen LogP contribution is 2.48. The number of esters is 1. The first-order chi connectivity index (χ1) is 21.7. The second kappa shape index (κ2) is 16.6. The largest absolute Gasteiger partial charge is 0.461 e. The van der Waals surface area contributed by atoms with Crippen molar-refractivity contribution in [3.05, 3.63) is 120 Å². The summed E-state index contributed by atoms with van der Waals surface area (Å²) in [6.45, 7) is 18.6. The van der Waals surface area contributed by atoms with E-state index >= 15 is 0 Å². The Morgan fingerprint density at radius 3 is 1.74 bits per heavy atom. The summed E-state index contributed by atoms with van der Waals surface area (Å²) >= 11 is 1.65. The molecule has 0 aliphatic carbocycles. The van der Waals surface area contributed by atoms with Crippen LogP contribution in [-0.4, -0.2) is 50.7 Å². The van der Waals surface area contributed by atoms with E-state index in [2.05, 4.69) is 82.2 Å². The zero-order valence-electron chi connectivity index (χ0n) is 28.5. The second-order valence-electron chi connectivity index (χ2n) is 13.6. The Labute approximate surface area is 281 Å². The van der Waals surface area contributed by atoms with Crippen molar-refractivity contribution in [3.63, 3.8) is 0 Å². The first-order valence-electron chi connectivity index (χ1n) is 16.0. The molecule has 0 aromatic heterocycles. The molecule has 46 heavy (non-hydrogen) atoms. The van der Waals surface area contributed by atoms with Crippen LogP contribution in [0.4, 0.5) is 0 Å². The summed E-state index contributed by atoms with van der Waals surface area (Å²) in [5.41, 5.74) is 10.0. The van der Waals surface area contributed by atoms with Gasteiger partial charge >= 0.3 is 5.97 Å². The Kier molecular flexibility index (Phi) is 13.4. The minimum Gasteiger partial charge on any atom is -0.461 e. The van der Waals surface area contributed by atoms with Gasteiger partial charge in [0.1, 0.15) is 6.61 Å². The third kappa shape index (κ3) is 9.44. The fraction of sp³-hybridized carbons (Fsp3) is 0.421.